The van der Waals surface area contributed by atoms with Gasteiger partial charge in [0.2, 0.25) is 5.62 Å². The molecule has 9 nitrogen and oxygen atoms in total. The van der Waals surface area contributed by atoms with Crippen molar-refractivity contribution in [2.24, 2.45) is 12.0 Å². The van der Waals surface area contributed by atoms with Crippen molar-refractivity contribution in [3.63, 3.8) is 0 Å². The van der Waals surface area contributed by atoms with Crippen molar-refractivity contribution in [1.29, 1.82) is 5.41 Å². The van der Waals surface area contributed by atoms with Gasteiger partial charge >= 0.3 is 12.7 Å². The summed E-state index contributed by atoms with van der Waals surface area (Å²) in [5.74, 6) is 0.0634. The number of benzene rings is 1. The molecule has 42 heavy (non-hydrogen) atoms. The third-order valence-corrected chi connectivity index (χ3v) is 7.17. The van der Waals surface area contributed by atoms with Crippen LogP contribution in [0.4, 0.5) is 22.0 Å². The molecule has 224 valence electrons. The fourth-order valence-corrected chi connectivity index (χ4v) is 5.06. The predicted molar refractivity (Wildman–Crippen MR) is 145 cm³/mol. The summed E-state index contributed by atoms with van der Waals surface area (Å²) < 4.78 is 76.6. The Bertz CT molecular complexity index is 1630. The molecule has 1 aliphatic rings. The number of methoxy groups -OCH3 is 1. The van der Waals surface area contributed by atoms with Gasteiger partial charge in [0.05, 0.1) is 25.4 Å². The van der Waals surface area contributed by atoms with E-state index in [1.807, 2.05) is 0 Å². The van der Waals surface area contributed by atoms with Crippen LogP contribution in [-0.4, -0.2) is 56.1 Å². The maximum absolute atomic E-state index is 14.0. The summed E-state index contributed by atoms with van der Waals surface area (Å²) in [4.78, 5) is 19.6. The van der Waals surface area contributed by atoms with Gasteiger partial charge < -0.3 is 14.2 Å². The Hall–Kier alpha value is -4.49. The Morgan fingerprint density at radius 3 is 2.50 bits per heavy atom. The molecule has 0 aliphatic carbocycles. The quantitative estimate of drug-likeness (QED) is 0.161. The van der Waals surface area contributed by atoms with E-state index in [1.165, 1.54) is 43.3 Å². The van der Waals surface area contributed by atoms with E-state index in [0.717, 1.165) is 10.9 Å². The lowest BCUT2D eigenvalue weighted by atomic mass is 9.87. The second kappa shape index (κ2) is 11.8. The van der Waals surface area contributed by atoms with Crippen LogP contribution in [0.5, 0.6) is 0 Å². The molecule has 3 heterocycles. The number of carbonyl (C=O) groups is 1. The molecule has 0 spiro atoms. The van der Waals surface area contributed by atoms with Gasteiger partial charge in [-0.25, -0.2) is 0 Å². The molecule has 1 amide bonds. The molecule has 4 rings (SSSR count). The Labute approximate surface area is 238 Å². The van der Waals surface area contributed by atoms with Crippen molar-refractivity contribution < 1.29 is 31.5 Å². The summed E-state index contributed by atoms with van der Waals surface area (Å²) >= 11 is 0. The van der Waals surface area contributed by atoms with Gasteiger partial charge in [-0.3, -0.25) is 24.4 Å². The third-order valence-electron chi connectivity index (χ3n) is 7.17. The van der Waals surface area contributed by atoms with E-state index in [-0.39, 0.29) is 36.2 Å². The van der Waals surface area contributed by atoms with E-state index in [2.05, 4.69) is 16.8 Å². The zero-order valence-corrected chi connectivity index (χ0v) is 23.4. The average molecular weight is 592 g/mol. The molecule has 0 saturated carbocycles. The van der Waals surface area contributed by atoms with Crippen molar-refractivity contribution in [2.45, 2.75) is 45.6 Å². The number of nitrogens with one attached hydrogen (secondary N) is 1. The van der Waals surface area contributed by atoms with Gasteiger partial charge in [-0.05, 0) is 61.9 Å². The Morgan fingerprint density at radius 2 is 1.93 bits per heavy atom. The van der Waals surface area contributed by atoms with E-state index in [0.29, 0.717) is 27.2 Å². The number of rotatable bonds is 9. The molecule has 0 unspecified atom stereocenters. The lowest BCUT2D eigenvalue weighted by molar-refractivity contribution is -0.141. The molecule has 0 radical (unpaired) electrons. The summed E-state index contributed by atoms with van der Waals surface area (Å²) in [6.07, 6.45) is 2.39. The second-order valence-electron chi connectivity index (χ2n) is 9.71. The average Bonchev–Trinajstić information content (AvgIpc) is 3.51. The van der Waals surface area contributed by atoms with Crippen molar-refractivity contribution in [2.75, 3.05) is 13.7 Å². The first kappa shape index (κ1) is 30.5. The van der Waals surface area contributed by atoms with Crippen LogP contribution in [-0.2, 0) is 30.9 Å². The number of aliphatic imine (C=N–C) groups is 1. The maximum atomic E-state index is 14.0. The molecule has 14 heteroatoms. The molecule has 0 bridgehead atoms. The smallest absolute Gasteiger partial charge is 0.435 e. The van der Waals surface area contributed by atoms with Gasteiger partial charge in [0.15, 0.2) is 5.69 Å². The number of nitrogens with zero attached hydrogens (tertiary/aromatic N) is 6. The molecular weight excluding hydrogens is 561 g/mol. The van der Waals surface area contributed by atoms with Crippen LogP contribution in [0.25, 0.3) is 11.1 Å². The number of alkyl halides is 5. The minimum atomic E-state index is -4.77. The van der Waals surface area contributed by atoms with Crippen molar-refractivity contribution in [3.8, 4) is 11.1 Å². The van der Waals surface area contributed by atoms with E-state index >= 15 is 0 Å². The summed E-state index contributed by atoms with van der Waals surface area (Å²) in [6.45, 7) is 4.25. The van der Waals surface area contributed by atoms with Gasteiger partial charge in [-0.1, -0.05) is 0 Å². The minimum absolute atomic E-state index is 0.138. The molecule has 2 aromatic heterocycles. The molecule has 1 atom stereocenters. The molecule has 0 fully saturated rings. The van der Waals surface area contributed by atoms with Gasteiger partial charge in [-0.15, -0.1) is 0 Å². The van der Waals surface area contributed by atoms with E-state index < -0.39 is 36.0 Å². The maximum Gasteiger partial charge on any atom is 0.435 e. The second-order valence-corrected chi connectivity index (χ2v) is 9.71. The van der Waals surface area contributed by atoms with Crippen LogP contribution < -0.4 is 5.62 Å². The normalized spacial score (nSPS) is 15.3. The van der Waals surface area contributed by atoms with Crippen LogP contribution in [0.3, 0.4) is 0 Å². The highest BCUT2D eigenvalue weighted by Crippen LogP contribution is 2.40. The summed E-state index contributed by atoms with van der Waals surface area (Å²) in [5.41, 5.74) is -0.274. The fourth-order valence-electron chi connectivity index (χ4n) is 5.06. The number of aryl methyl sites for hydroxylation is 1. The number of hydrogen-bond donors (Lipinski definition) is 1. The fraction of sp³-hybridized carbons (Fsp3) is 0.357. The number of halogens is 5. The van der Waals surface area contributed by atoms with E-state index in [4.69, 9.17) is 10.1 Å². The van der Waals surface area contributed by atoms with Crippen molar-refractivity contribution in [1.82, 2.24) is 23.8 Å². The minimum Gasteiger partial charge on any atom is -0.497 e. The largest absolute Gasteiger partial charge is 0.497 e. The number of allylic oxidation sites excluding steroid dienone is 2. The number of hydrogen-bond acceptors (Lipinski definition) is 5. The highest BCUT2D eigenvalue weighted by Gasteiger charge is 2.39. The summed E-state index contributed by atoms with van der Waals surface area (Å²) in [6, 6.07) is 2.48. The highest BCUT2D eigenvalue weighted by atomic mass is 19.4. The monoisotopic (exact) mass is 591 g/mol. The Morgan fingerprint density at radius 1 is 1.24 bits per heavy atom. The number of aromatic nitrogens is 4. The molecule has 1 aromatic carbocycles. The van der Waals surface area contributed by atoms with E-state index in [1.54, 1.807) is 30.9 Å². The first-order valence-electron chi connectivity index (χ1n) is 12.9. The van der Waals surface area contributed by atoms with Crippen LogP contribution in [0, 0.1) is 5.41 Å². The zero-order chi connectivity index (χ0) is 30.9. The Balaban J connectivity index is 1.87. The number of ether oxygens (including phenoxy) is 1. The van der Waals surface area contributed by atoms with Crippen LogP contribution in [0.2, 0.25) is 0 Å². The lowest BCUT2D eigenvalue weighted by Gasteiger charge is -2.35. The molecule has 3 aromatic rings. The zero-order valence-electron chi connectivity index (χ0n) is 23.4. The Kier molecular flexibility index (Phi) is 8.55. The molecular formula is C28H30F5N7O2. The molecule has 1 aliphatic heterocycles. The number of carbonyl (C=O) groups excluding carboxylic acids is 1. The number of fused-ring (bicyclic) bond motifs is 1. The topological polar surface area (TPSA) is 93.4 Å². The first-order chi connectivity index (χ1) is 19.8. The summed E-state index contributed by atoms with van der Waals surface area (Å²) in [7, 11) is 2.86. The predicted octanol–water partition coefficient (Wildman–Crippen LogP) is 5.15. The van der Waals surface area contributed by atoms with Gasteiger partial charge in [-0.2, -0.15) is 27.1 Å². The molecule has 1 N–H and O–H groups in total. The van der Waals surface area contributed by atoms with Crippen LogP contribution >= 0.6 is 0 Å². The molecule has 0 saturated heterocycles. The van der Waals surface area contributed by atoms with Crippen molar-refractivity contribution in [3.05, 3.63) is 82.3 Å². The van der Waals surface area contributed by atoms with Crippen LogP contribution in [0.15, 0.2) is 59.3 Å². The lowest BCUT2D eigenvalue weighted by Crippen LogP contribution is -2.44. The van der Waals surface area contributed by atoms with Gasteiger partial charge in [0.25, 0.3) is 5.91 Å². The number of amides is 1. The van der Waals surface area contributed by atoms with Crippen LogP contribution in [0.1, 0.15) is 47.6 Å². The highest BCUT2D eigenvalue weighted by molar-refractivity contribution is 5.99. The summed E-state index contributed by atoms with van der Waals surface area (Å²) in [5, 5.41) is 11.7. The third kappa shape index (κ3) is 5.78. The van der Waals surface area contributed by atoms with Gasteiger partial charge in [0, 0.05) is 49.4 Å². The standard InChI is InChI=1S/C28H30F5N7O2/c1-6-18(42-5)13-23(35-3)16(2)39-8-7-19-20(22-15-37(4)36-24(22)28(31,32)33)11-17(12-21(19)25(39)41)14-38-9-10-40(26(29)30)27(38)34/h6,9-13,15-16,26,34H,3,7-8,14H2,1-2,4-5H3/b18-6+,23-13-,34-27?/t16-/m0/s1. The SMILES string of the molecule is C=N/C(=C\C(=C/C)OC)[C@H](C)N1CCc2c(cc(Cn3ccn(C(F)F)c3=N)cc2-c2cn(C)nc2C(F)(F)F)C1=O. The first-order valence-corrected chi connectivity index (χ1v) is 12.9. The van der Waals surface area contributed by atoms with E-state index in [9.17, 15) is 26.7 Å². The van der Waals surface area contributed by atoms with Crippen molar-refractivity contribution >= 4 is 12.6 Å². The number of imidazole rings is 1. The van der Waals surface area contributed by atoms with Gasteiger partial charge in [0.1, 0.15) is 5.76 Å².